The van der Waals surface area contributed by atoms with Crippen molar-refractivity contribution in [3.05, 3.63) is 40.7 Å². The molecule has 0 fully saturated rings. The van der Waals surface area contributed by atoms with Crippen LogP contribution in [-0.2, 0) is 6.54 Å². The van der Waals surface area contributed by atoms with Gasteiger partial charge in [0.25, 0.3) is 0 Å². The van der Waals surface area contributed by atoms with E-state index in [-0.39, 0.29) is 6.04 Å². The van der Waals surface area contributed by atoms with Crippen molar-refractivity contribution in [2.75, 3.05) is 5.32 Å². The maximum absolute atomic E-state index is 5.87. The van der Waals surface area contributed by atoms with Gasteiger partial charge in [0.05, 0.1) is 12.6 Å². The lowest BCUT2D eigenvalue weighted by atomic mass is 10.1. The number of nitrogens with zero attached hydrogens (tertiary/aromatic N) is 2. The zero-order valence-corrected chi connectivity index (χ0v) is 12.6. The molecule has 0 saturated heterocycles. The van der Waals surface area contributed by atoms with Crippen molar-refractivity contribution in [2.24, 2.45) is 0 Å². The summed E-state index contributed by atoms with van der Waals surface area (Å²) in [5.41, 5.74) is 1.11. The summed E-state index contributed by atoms with van der Waals surface area (Å²) in [5.74, 6) is 0.574. The van der Waals surface area contributed by atoms with Gasteiger partial charge in [0, 0.05) is 11.1 Å². The van der Waals surface area contributed by atoms with E-state index in [1.54, 1.807) is 0 Å². The molecule has 2 N–H and O–H groups in total. The van der Waals surface area contributed by atoms with E-state index in [1.807, 2.05) is 31.2 Å². The number of halogens is 1. The molecule has 2 rings (SSSR count). The predicted molar refractivity (Wildman–Crippen MR) is 79.8 cm³/mol. The molecule has 2 aromatic rings. The molecule has 0 bridgehead atoms. The SMILES string of the molecule is CC(C)NCc1nnc(NC(C)c2ccc(Cl)cc2)o1. The van der Waals surface area contributed by atoms with E-state index in [0.717, 1.165) is 10.6 Å². The Hall–Kier alpha value is -1.59. The fourth-order valence-electron chi connectivity index (χ4n) is 1.69. The van der Waals surface area contributed by atoms with E-state index in [1.165, 1.54) is 0 Å². The van der Waals surface area contributed by atoms with Crippen LogP contribution in [0.25, 0.3) is 0 Å². The monoisotopic (exact) mass is 294 g/mol. The van der Waals surface area contributed by atoms with Gasteiger partial charge in [-0.05, 0) is 24.6 Å². The molecule has 1 aromatic heterocycles. The van der Waals surface area contributed by atoms with Crippen LogP contribution in [0.4, 0.5) is 6.01 Å². The van der Waals surface area contributed by atoms with Crippen molar-refractivity contribution in [2.45, 2.75) is 39.4 Å². The molecule has 0 spiro atoms. The second kappa shape index (κ2) is 6.72. The van der Waals surface area contributed by atoms with Crippen molar-refractivity contribution in [1.29, 1.82) is 0 Å². The first-order valence-corrected chi connectivity index (χ1v) is 7.00. The summed E-state index contributed by atoms with van der Waals surface area (Å²) in [5, 5.41) is 15.1. The summed E-state index contributed by atoms with van der Waals surface area (Å²) >= 11 is 5.87. The highest BCUT2D eigenvalue weighted by molar-refractivity contribution is 6.30. The first-order chi connectivity index (χ1) is 9.54. The van der Waals surface area contributed by atoms with E-state index in [4.69, 9.17) is 16.0 Å². The van der Waals surface area contributed by atoms with Crippen LogP contribution < -0.4 is 10.6 Å². The average Bonchev–Trinajstić information content (AvgIpc) is 2.84. The average molecular weight is 295 g/mol. The number of hydrogen-bond acceptors (Lipinski definition) is 5. The van der Waals surface area contributed by atoms with Gasteiger partial charge in [-0.3, -0.25) is 0 Å². The molecule has 0 amide bonds. The fourth-order valence-corrected chi connectivity index (χ4v) is 1.82. The second-order valence-electron chi connectivity index (χ2n) is 4.95. The number of hydrogen-bond donors (Lipinski definition) is 2. The minimum atomic E-state index is 0.0682. The van der Waals surface area contributed by atoms with Gasteiger partial charge in [-0.2, -0.15) is 0 Å². The molecular formula is C14H19ClN4O. The standard InChI is InChI=1S/C14H19ClN4O/c1-9(2)16-8-13-18-19-14(20-13)17-10(3)11-4-6-12(15)7-5-11/h4-7,9-10,16H,8H2,1-3H3,(H,17,19). The lowest BCUT2D eigenvalue weighted by Gasteiger charge is -2.12. The Labute approximate surface area is 123 Å². The molecule has 0 aliphatic rings. The van der Waals surface area contributed by atoms with Gasteiger partial charge in [0.2, 0.25) is 5.89 Å². The summed E-state index contributed by atoms with van der Waals surface area (Å²) < 4.78 is 5.53. The Balaban J connectivity index is 1.94. The molecule has 0 aliphatic carbocycles. The van der Waals surface area contributed by atoms with Crippen LogP contribution in [-0.4, -0.2) is 16.2 Å². The largest absolute Gasteiger partial charge is 0.407 e. The smallest absolute Gasteiger partial charge is 0.315 e. The van der Waals surface area contributed by atoms with Gasteiger partial charge in [-0.25, -0.2) is 0 Å². The molecule has 1 unspecified atom stereocenters. The van der Waals surface area contributed by atoms with Crippen LogP contribution in [0.5, 0.6) is 0 Å². The molecule has 5 nitrogen and oxygen atoms in total. The molecule has 108 valence electrons. The summed E-state index contributed by atoms with van der Waals surface area (Å²) in [7, 11) is 0. The zero-order valence-electron chi connectivity index (χ0n) is 11.9. The summed E-state index contributed by atoms with van der Waals surface area (Å²) in [6, 6.07) is 8.54. The Bertz CT molecular complexity index is 538. The van der Waals surface area contributed by atoms with Crippen LogP contribution in [0.1, 0.15) is 38.3 Å². The minimum Gasteiger partial charge on any atom is -0.407 e. The number of benzene rings is 1. The van der Waals surface area contributed by atoms with Gasteiger partial charge < -0.3 is 15.1 Å². The van der Waals surface area contributed by atoms with E-state index < -0.39 is 0 Å². The molecule has 0 saturated carbocycles. The van der Waals surface area contributed by atoms with Crippen LogP contribution in [0, 0.1) is 0 Å². The van der Waals surface area contributed by atoms with Gasteiger partial charge >= 0.3 is 6.01 Å². The molecule has 1 aromatic carbocycles. The Morgan fingerprint density at radius 3 is 2.50 bits per heavy atom. The minimum absolute atomic E-state index is 0.0682. The van der Waals surface area contributed by atoms with Crippen molar-refractivity contribution in [3.8, 4) is 0 Å². The normalized spacial score (nSPS) is 12.7. The molecule has 6 heteroatoms. The van der Waals surface area contributed by atoms with Crippen LogP contribution in [0.15, 0.2) is 28.7 Å². The highest BCUT2D eigenvalue weighted by Gasteiger charge is 2.11. The number of rotatable bonds is 6. The number of aromatic nitrogens is 2. The highest BCUT2D eigenvalue weighted by atomic mass is 35.5. The fraction of sp³-hybridized carbons (Fsp3) is 0.429. The van der Waals surface area contributed by atoms with Crippen LogP contribution in [0.3, 0.4) is 0 Å². The zero-order chi connectivity index (χ0) is 14.5. The predicted octanol–water partition coefficient (Wildman–Crippen LogP) is 3.39. The Morgan fingerprint density at radius 2 is 1.85 bits per heavy atom. The second-order valence-corrected chi connectivity index (χ2v) is 5.39. The quantitative estimate of drug-likeness (QED) is 0.855. The van der Waals surface area contributed by atoms with Gasteiger partial charge in [0.15, 0.2) is 0 Å². The third kappa shape index (κ3) is 4.21. The third-order valence-corrected chi connectivity index (χ3v) is 3.09. The first kappa shape index (κ1) is 14.8. The molecular weight excluding hydrogens is 276 g/mol. The first-order valence-electron chi connectivity index (χ1n) is 6.62. The molecule has 1 heterocycles. The van der Waals surface area contributed by atoms with Gasteiger partial charge in [0.1, 0.15) is 0 Å². The Kier molecular flexibility index (Phi) is 4.98. The summed E-state index contributed by atoms with van der Waals surface area (Å²) in [4.78, 5) is 0. The van der Waals surface area contributed by atoms with Crippen molar-refractivity contribution in [3.63, 3.8) is 0 Å². The molecule has 0 radical (unpaired) electrons. The summed E-state index contributed by atoms with van der Waals surface area (Å²) in [6.07, 6.45) is 0. The van der Waals surface area contributed by atoms with E-state index in [2.05, 4.69) is 34.7 Å². The number of nitrogens with one attached hydrogen (secondary N) is 2. The van der Waals surface area contributed by atoms with Crippen LogP contribution >= 0.6 is 11.6 Å². The van der Waals surface area contributed by atoms with Crippen molar-refractivity contribution in [1.82, 2.24) is 15.5 Å². The lowest BCUT2D eigenvalue weighted by Crippen LogP contribution is -2.21. The summed E-state index contributed by atoms with van der Waals surface area (Å²) in [6.45, 7) is 6.73. The third-order valence-electron chi connectivity index (χ3n) is 2.84. The van der Waals surface area contributed by atoms with E-state index >= 15 is 0 Å². The van der Waals surface area contributed by atoms with E-state index in [9.17, 15) is 0 Å². The van der Waals surface area contributed by atoms with E-state index in [0.29, 0.717) is 24.5 Å². The molecule has 1 atom stereocenters. The molecule has 20 heavy (non-hydrogen) atoms. The maximum Gasteiger partial charge on any atom is 0.315 e. The van der Waals surface area contributed by atoms with Crippen molar-refractivity contribution >= 4 is 17.6 Å². The molecule has 0 aliphatic heterocycles. The maximum atomic E-state index is 5.87. The highest BCUT2D eigenvalue weighted by Crippen LogP contribution is 2.20. The van der Waals surface area contributed by atoms with Gasteiger partial charge in [-0.15, -0.1) is 5.10 Å². The number of anilines is 1. The topological polar surface area (TPSA) is 63.0 Å². The van der Waals surface area contributed by atoms with Gasteiger partial charge in [-0.1, -0.05) is 42.7 Å². The van der Waals surface area contributed by atoms with Crippen LogP contribution in [0.2, 0.25) is 5.02 Å². The Morgan fingerprint density at radius 1 is 1.15 bits per heavy atom. The van der Waals surface area contributed by atoms with Crippen molar-refractivity contribution < 1.29 is 4.42 Å². The lowest BCUT2D eigenvalue weighted by molar-refractivity contribution is 0.456.